The molecule has 0 radical (unpaired) electrons. The molecule has 0 spiro atoms. The van der Waals surface area contributed by atoms with Crippen LogP contribution >= 0.6 is 43.5 Å². The zero-order chi connectivity index (χ0) is 15.6. The highest BCUT2D eigenvalue weighted by atomic mass is 79.9. The summed E-state index contributed by atoms with van der Waals surface area (Å²) in [6.45, 7) is 1.84. The summed E-state index contributed by atoms with van der Waals surface area (Å²) in [6, 6.07) is 10.1. The van der Waals surface area contributed by atoms with Crippen molar-refractivity contribution in [2.75, 3.05) is 0 Å². The Hall–Kier alpha value is -0.620. The molecule has 0 aliphatic carbocycles. The molecule has 0 bridgehead atoms. The molecule has 2 aromatic rings. The summed E-state index contributed by atoms with van der Waals surface area (Å²) in [7, 11) is 0. The van der Waals surface area contributed by atoms with Crippen LogP contribution in [0.1, 0.15) is 18.6 Å². The van der Waals surface area contributed by atoms with Crippen molar-refractivity contribution < 1.29 is 9.13 Å². The van der Waals surface area contributed by atoms with E-state index in [1.165, 1.54) is 12.1 Å². The molecule has 2 rings (SSSR count). The zero-order valence-electron chi connectivity index (χ0n) is 11.1. The van der Waals surface area contributed by atoms with Gasteiger partial charge in [0.05, 0.1) is 9.50 Å². The van der Waals surface area contributed by atoms with Crippen LogP contribution in [0.4, 0.5) is 4.39 Å². The zero-order valence-corrected chi connectivity index (χ0v) is 15.0. The van der Waals surface area contributed by atoms with Gasteiger partial charge in [-0.25, -0.2) is 4.39 Å². The predicted molar refractivity (Wildman–Crippen MR) is 90.3 cm³/mol. The summed E-state index contributed by atoms with van der Waals surface area (Å²) in [5, 5.41) is 0.0347. The second-order valence-corrected chi connectivity index (χ2v) is 6.73. The minimum Gasteiger partial charge on any atom is -0.483 e. The van der Waals surface area contributed by atoms with Gasteiger partial charge in [-0.2, -0.15) is 0 Å². The van der Waals surface area contributed by atoms with Crippen LogP contribution in [0.5, 0.6) is 5.75 Å². The van der Waals surface area contributed by atoms with E-state index in [2.05, 4.69) is 31.9 Å². The van der Waals surface area contributed by atoms with Gasteiger partial charge in [0.2, 0.25) is 0 Å². The van der Waals surface area contributed by atoms with Gasteiger partial charge in [-0.3, -0.25) is 0 Å². The van der Waals surface area contributed by atoms with Crippen molar-refractivity contribution in [1.82, 2.24) is 0 Å². The maximum atomic E-state index is 13.6. The smallest absolute Gasteiger partial charge is 0.145 e. The van der Waals surface area contributed by atoms with Gasteiger partial charge < -0.3 is 10.5 Å². The summed E-state index contributed by atoms with van der Waals surface area (Å²) >= 11 is 12.5. The first kappa shape index (κ1) is 16.7. The molecule has 0 aromatic heterocycles. The molecule has 2 nitrogen and oxygen atoms in total. The van der Waals surface area contributed by atoms with Gasteiger partial charge in [-0.15, -0.1) is 0 Å². The minimum atomic E-state index is -0.537. The van der Waals surface area contributed by atoms with Gasteiger partial charge in [0.15, 0.2) is 0 Å². The maximum Gasteiger partial charge on any atom is 0.145 e. The number of nitrogens with two attached hydrogens (primary N) is 1. The summed E-state index contributed by atoms with van der Waals surface area (Å²) in [5.41, 5.74) is 6.92. The molecular formula is C15H13Br2ClFNO. The van der Waals surface area contributed by atoms with Crippen LogP contribution in [0.3, 0.4) is 0 Å². The van der Waals surface area contributed by atoms with Crippen molar-refractivity contribution >= 4 is 43.5 Å². The van der Waals surface area contributed by atoms with Gasteiger partial charge >= 0.3 is 0 Å². The molecule has 2 unspecified atom stereocenters. The van der Waals surface area contributed by atoms with Crippen LogP contribution in [0.15, 0.2) is 45.3 Å². The first-order valence-electron chi connectivity index (χ1n) is 6.21. The topological polar surface area (TPSA) is 35.2 Å². The third kappa shape index (κ3) is 3.97. The van der Waals surface area contributed by atoms with Crippen molar-refractivity contribution in [3.8, 4) is 5.75 Å². The molecule has 112 valence electrons. The first-order chi connectivity index (χ1) is 9.90. The Morgan fingerprint density at radius 3 is 2.48 bits per heavy atom. The van der Waals surface area contributed by atoms with E-state index in [-0.39, 0.29) is 11.1 Å². The van der Waals surface area contributed by atoms with E-state index in [4.69, 9.17) is 22.1 Å². The lowest BCUT2D eigenvalue weighted by Gasteiger charge is -2.24. The monoisotopic (exact) mass is 435 g/mol. The molecule has 0 aliphatic rings. The van der Waals surface area contributed by atoms with Crippen LogP contribution in [0.2, 0.25) is 5.02 Å². The summed E-state index contributed by atoms with van der Waals surface area (Å²) in [4.78, 5) is 0. The molecule has 2 atom stereocenters. The molecule has 0 heterocycles. The Morgan fingerprint density at radius 1 is 1.19 bits per heavy atom. The minimum absolute atomic E-state index is 0.0347. The van der Waals surface area contributed by atoms with Gasteiger partial charge in [-0.1, -0.05) is 45.7 Å². The predicted octanol–water partition coefficient (Wildman–Crippen LogP) is 5.47. The fraction of sp³-hybridized carbons (Fsp3) is 0.200. The third-order valence-electron chi connectivity index (χ3n) is 2.92. The maximum absolute atomic E-state index is 13.6. The van der Waals surface area contributed by atoms with Crippen molar-refractivity contribution in [3.63, 3.8) is 0 Å². The highest BCUT2D eigenvalue weighted by Gasteiger charge is 2.22. The first-order valence-corrected chi connectivity index (χ1v) is 8.17. The van der Waals surface area contributed by atoms with E-state index in [1.54, 1.807) is 0 Å². The fourth-order valence-electron chi connectivity index (χ4n) is 1.89. The van der Waals surface area contributed by atoms with Gasteiger partial charge in [0.1, 0.15) is 17.7 Å². The number of hydrogen-bond acceptors (Lipinski definition) is 2. The van der Waals surface area contributed by atoms with Gasteiger partial charge in [0.25, 0.3) is 0 Å². The highest BCUT2D eigenvalue weighted by Crippen LogP contribution is 2.35. The summed E-state index contributed by atoms with van der Waals surface area (Å²) in [5.74, 6) is -0.180. The lowest BCUT2D eigenvalue weighted by Crippen LogP contribution is -2.29. The number of rotatable bonds is 4. The van der Waals surface area contributed by atoms with Crippen LogP contribution in [0.25, 0.3) is 0 Å². The molecule has 0 fully saturated rings. The number of halogens is 4. The molecule has 0 saturated heterocycles. The Kier molecular flexibility index (Phi) is 5.66. The quantitative estimate of drug-likeness (QED) is 0.644. The third-order valence-corrected chi connectivity index (χ3v) is 4.55. The Morgan fingerprint density at radius 2 is 1.86 bits per heavy atom. The standard InChI is InChI=1S/C15H13Br2ClFNO/c1-8(20)15(9-4-2-3-5-10(9)16)21-14-7-13(19)12(18)6-11(14)17/h2-8,15H,20H2,1H3. The van der Waals surface area contributed by atoms with Gasteiger partial charge in [-0.05, 0) is 35.0 Å². The molecule has 0 saturated carbocycles. The Bertz CT molecular complexity index is 652. The van der Waals surface area contributed by atoms with Crippen molar-refractivity contribution in [2.24, 2.45) is 5.73 Å². The summed E-state index contributed by atoms with van der Waals surface area (Å²) in [6.07, 6.45) is -0.419. The lowest BCUT2D eigenvalue weighted by atomic mass is 10.0. The normalized spacial score (nSPS) is 13.8. The van der Waals surface area contributed by atoms with Crippen molar-refractivity contribution in [3.05, 3.63) is 61.7 Å². The van der Waals surface area contributed by atoms with Crippen LogP contribution < -0.4 is 10.5 Å². The van der Waals surface area contributed by atoms with E-state index in [9.17, 15) is 4.39 Å². The van der Waals surface area contributed by atoms with Crippen molar-refractivity contribution in [2.45, 2.75) is 19.1 Å². The van der Waals surface area contributed by atoms with E-state index < -0.39 is 11.9 Å². The summed E-state index contributed by atoms with van der Waals surface area (Å²) < 4.78 is 21.0. The van der Waals surface area contributed by atoms with Crippen molar-refractivity contribution in [1.29, 1.82) is 0 Å². The highest BCUT2D eigenvalue weighted by molar-refractivity contribution is 9.10. The SMILES string of the molecule is CC(N)C(Oc1cc(F)c(Cl)cc1Br)c1ccccc1Br. The molecular weight excluding hydrogens is 424 g/mol. The molecule has 2 N–H and O–H groups in total. The molecule has 0 aliphatic heterocycles. The van der Waals surface area contributed by atoms with E-state index in [0.29, 0.717) is 10.2 Å². The largest absolute Gasteiger partial charge is 0.483 e. The van der Waals surface area contributed by atoms with E-state index >= 15 is 0 Å². The number of ether oxygens (including phenoxy) is 1. The number of benzene rings is 2. The lowest BCUT2D eigenvalue weighted by molar-refractivity contribution is 0.178. The molecule has 0 amide bonds. The Labute approximate surface area is 144 Å². The van der Waals surface area contributed by atoms with E-state index in [0.717, 1.165) is 10.0 Å². The molecule has 2 aromatic carbocycles. The fourth-order valence-corrected chi connectivity index (χ4v) is 3.13. The average Bonchev–Trinajstić information content (AvgIpc) is 2.42. The number of hydrogen-bond donors (Lipinski definition) is 1. The van der Waals surface area contributed by atoms with Gasteiger partial charge in [0, 0.05) is 22.1 Å². The second kappa shape index (κ2) is 7.09. The van der Waals surface area contributed by atoms with Crippen LogP contribution in [0, 0.1) is 5.82 Å². The molecule has 21 heavy (non-hydrogen) atoms. The average molecular weight is 438 g/mol. The van der Waals surface area contributed by atoms with E-state index in [1.807, 2.05) is 31.2 Å². The Balaban J connectivity index is 2.38. The van der Waals surface area contributed by atoms with Crippen LogP contribution in [-0.4, -0.2) is 6.04 Å². The van der Waals surface area contributed by atoms with Crippen LogP contribution in [-0.2, 0) is 0 Å². The molecule has 6 heteroatoms. The second-order valence-electron chi connectivity index (χ2n) is 4.62.